The minimum absolute atomic E-state index is 0.0197. The molecule has 1 heterocycles. The molecule has 0 N–H and O–H groups in total. The van der Waals surface area contributed by atoms with Gasteiger partial charge in [-0.1, -0.05) is 12.1 Å². The van der Waals surface area contributed by atoms with E-state index in [-0.39, 0.29) is 5.91 Å². The number of hydrogen-bond donors (Lipinski definition) is 0. The highest BCUT2D eigenvalue weighted by Crippen LogP contribution is 2.31. The van der Waals surface area contributed by atoms with Gasteiger partial charge < -0.3 is 4.90 Å². The summed E-state index contributed by atoms with van der Waals surface area (Å²) in [5, 5.41) is 0. The maximum Gasteiger partial charge on any atom is 0.416 e. The van der Waals surface area contributed by atoms with E-state index >= 15 is 0 Å². The van der Waals surface area contributed by atoms with E-state index in [1.165, 1.54) is 6.07 Å². The van der Waals surface area contributed by atoms with Crippen LogP contribution in [-0.4, -0.2) is 17.4 Å². The monoisotopic (exact) mass is 269 g/mol. The molecule has 2 rings (SSSR count). The Balaban J connectivity index is 2.26. The summed E-state index contributed by atoms with van der Waals surface area (Å²) in [4.78, 5) is 13.0. The van der Waals surface area contributed by atoms with Gasteiger partial charge in [0, 0.05) is 19.2 Å². The Labute approximate surface area is 109 Å². The summed E-state index contributed by atoms with van der Waals surface area (Å²) in [7, 11) is 0. The van der Waals surface area contributed by atoms with Gasteiger partial charge in [0.15, 0.2) is 0 Å². The zero-order valence-electron chi connectivity index (χ0n) is 10.5. The van der Waals surface area contributed by atoms with Crippen LogP contribution in [0.25, 0.3) is 5.57 Å². The molecule has 0 spiro atoms. The van der Waals surface area contributed by atoms with Crippen LogP contribution in [0.15, 0.2) is 30.5 Å². The van der Waals surface area contributed by atoms with Gasteiger partial charge in [0.25, 0.3) is 0 Å². The van der Waals surface area contributed by atoms with Crippen molar-refractivity contribution in [3.05, 3.63) is 41.6 Å². The second-order valence-corrected chi connectivity index (χ2v) is 4.58. The van der Waals surface area contributed by atoms with Crippen LogP contribution in [0.1, 0.15) is 30.9 Å². The molecule has 0 aliphatic carbocycles. The molecule has 1 fully saturated rings. The number of allylic oxidation sites excluding steroid dienone is 1. The molecule has 0 bridgehead atoms. The molecule has 0 atom stereocenters. The fourth-order valence-corrected chi connectivity index (χ4v) is 2.05. The first-order valence-corrected chi connectivity index (χ1v) is 6.03. The Kier molecular flexibility index (Phi) is 3.64. The summed E-state index contributed by atoms with van der Waals surface area (Å²) in [6.07, 6.45) is -1.41. The fraction of sp³-hybridized carbons (Fsp3) is 0.357. The number of hydrogen-bond acceptors (Lipinski definition) is 1. The lowest BCUT2D eigenvalue weighted by Crippen LogP contribution is -2.17. The maximum absolute atomic E-state index is 12.6. The molecule has 1 amide bonds. The standard InChI is InChI=1S/C14H14F3NO/c1-10(9-18-7-3-6-13(18)19)11-4-2-5-12(8-11)14(15,16)17/h2,4-5,8-9H,3,6-7H2,1H3/b10-9+. The Morgan fingerprint density at radius 2 is 2.11 bits per heavy atom. The first-order chi connectivity index (χ1) is 8.88. The lowest BCUT2D eigenvalue weighted by Gasteiger charge is -2.13. The summed E-state index contributed by atoms with van der Waals surface area (Å²) in [5.41, 5.74) is 0.460. The van der Waals surface area contributed by atoms with Gasteiger partial charge in [0.05, 0.1) is 5.56 Å². The van der Waals surface area contributed by atoms with Gasteiger partial charge in [-0.3, -0.25) is 4.79 Å². The predicted molar refractivity (Wildman–Crippen MR) is 66.0 cm³/mol. The SMILES string of the molecule is C/C(=C\N1CCCC1=O)c1cccc(C(F)(F)F)c1. The molecule has 0 radical (unpaired) electrons. The van der Waals surface area contributed by atoms with Crippen molar-refractivity contribution in [1.29, 1.82) is 0 Å². The molecule has 19 heavy (non-hydrogen) atoms. The largest absolute Gasteiger partial charge is 0.416 e. The molecule has 0 unspecified atom stereocenters. The summed E-state index contributed by atoms with van der Waals surface area (Å²) in [5.74, 6) is 0.0197. The van der Waals surface area contributed by atoms with Crippen LogP contribution in [0, 0.1) is 0 Å². The highest BCUT2D eigenvalue weighted by molar-refractivity contribution is 5.81. The minimum Gasteiger partial charge on any atom is -0.319 e. The average molecular weight is 269 g/mol. The molecule has 1 aromatic rings. The van der Waals surface area contributed by atoms with Crippen molar-refractivity contribution < 1.29 is 18.0 Å². The van der Waals surface area contributed by atoms with Crippen molar-refractivity contribution in [2.24, 2.45) is 0 Å². The molecular formula is C14H14F3NO. The van der Waals surface area contributed by atoms with Crippen molar-refractivity contribution in [2.45, 2.75) is 25.9 Å². The van der Waals surface area contributed by atoms with Crippen LogP contribution in [0.5, 0.6) is 0 Å². The normalized spacial score (nSPS) is 17.2. The number of halogens is 3. The van der Waals surface area contributed by atoms with Gasteiger partial charge in [0.1, 0.15) is 0 Å². The molecule has 1 aromatic carbocycles. The van der Waals surface area contributed by atoms with Crippen molar-refractivity contribution in [2.75, 3.05) is 6.54 Å². The number of carbonyl (C=O) groups is 1. The van der Waals surface area contributed by atoms with Crippen LogP contribution >= 0.6 is 0 Å². The van der Waals surface area contributed by atoms with Gasteiger partial charge in [-0.15, -0.1) is 0 Å². The quantitative estimate of drug-likeness (QED) is 0.801. The van der Waals surface area contributed by atoms with Crippen LogP contribution in [-0.2, 0) is 11.0 Å². The molecule has 0 saturated carbocycles. The van der Waals surface area contributed by atoms with Crippen molar-refractivity contribution >= 4 is 11.5 Å². The van der Waals surface area contributed by atoms with Crippen molar-refractivity contribution in [3.8, 4) is 0 Å². The van der Waals surface area contributed by atoms with E-state index < -0.39 is 11.7 Å². The third-order valence-electron chi connectivity index (χ3n) is 3.10. The number of alkyl halides is 3. The Morgan fingerprint density at radius 1 is 1.37 bits per heavy atom. The lowest BCUT2D eigenvalue weighted by atomic mass is 10.0. The topological polar surface area (TPSA) is 20.3 Å². The highest BCUT2D eigenvalue weighted by Gasteiger charge is 2.30. The van der Waals surface area contributed by atoms with Crippen LogP contribution in [0.3, 0.4) is 0 Å². The van der Waals surface area contributed by atoms with Crippen LogP contribution in [0.4, 0.5) is 13.2 Å². The average Bonchev–Trinajstić information content (AvgIpc) is 2.74. The second kappa shape index (κ2) is 5.07. The summed E-state index contributed by atoms with van der Waals surface area (Å²) in [6.45, 7) is 2.34. The minimum atomic E-state index is -4.35. The third kappa shape index (κ3) is 3.16. The first kappa shape index (κ1) is 13.6. The molecule has 5 heteroatoms. The predicted octanol–water partition coefficient (Wildman–Crippen LogP) is 3.69. The molecule has 0 aromatic heterocycles. The van der Waals surface area contributed by atoms with E-state index in [0.29, 0.717) is 24.1 Å². The molecule has 102 valence electrons. The van der Waals surface area contributed by atoms with Gasteiger partial charge in [-0.2, -0.15) is 13.2 Å². The number of amides is 1. The van der Waals surface area contributed by atoms with Crippen molar-refractivity contribution in [3.63, 3.8) is 0 Å². The number of carbonyl (C=O) groups excluding carboxylic acids is 1. The summed E-state index contributed by atoms with van der Waals surface area (Å²) in [6, 6.07) is 5.13. The number of rotatable bonds is 2. The number of likely N-dealkylation sites (tertiary alicyclic amines) is 1. The number of benzene rings is 1. The Bertz CT molecular complexity index is 520. The van der Waals surface area contributed by atoms with E-state index in [4.69, 9.17) is 0 Å². The third-order valence-corrected chi connectivity index (χ3v) is 3.10. The smallest absolute Gasteiger partial charge is 0.319 e. The Morgan fingerprint density at radius 3 is 2.68 bits per heavy atom. The van der Waals surface area contributed by atoms with Crippen LogP contribution in [0.2, 0.25) is 0 Å². The van der Waals surface area contributed by atoms with Gasteiger partial charge >= 0.3 is 6.18 Å². The van der Waals surface area contributed by atoms with E-state index in [0.717, 1.165) is 18.6 Å². The molecular weight excluding hydrogens is 255 g/mol. The van der Waals surface area contributed by atoms with E-state index in [9.17, 15) is 18.0 Å². The maximum atomic E-state index is 12.6. The summed E-state index contributed by atoms with van der Waals surface area (Å²) < 4.78 is 37.8. The zero-order valence-corrected chi connectivity index (χ0v) is 10.5. The van der Waals surface area contributed by atoms with Crippen molar-refractivity contribution in [1.82, 2.24) is 4.90 Å². The Hall–Kier alpha value is -1.78. The highest BCUT2D eigenvalue weighted by atomic mass is 19.4. The second-order valence-electron chi connectivity index (χ2n) is 4.58. The first-order valence-electron chi connectivity index (χ1n) is 6.03. The molecule has 2 nitrogen and oxygen atoms in total. The summed E-state index contributed by atoms with van der Waals surface area (Å²) >= 11 is 0. The number of nitrogens with zero attached hydrogens (tertiary/aromatic N) is 1. The van der Waals surface area contributed by atoms with E-state index in [1.54, 1.807) is 24.1 Å². The van der Waals surface area contributed by atoms with E-state index in [1.807, 2.05) is 0 Å². The molecule has 1 aliphatic rings. The lowest BCUT2D eigenvalue weighted by molar-refractivity contribution is -0.137. The van der Waals surface area contributed by atoms with Gasteiger partial charge in [-0.25, -0.2) is 0 Å². The fourth-order valence-electron chi connectivity index (χ4n) is 2.05. The van der Waals surface area contributed by atoms with Crippen LogP contribution < -0.4 is 0 Å². The van der Waals surface area contributed by atoms with Gasteiger partial charge in [-0.05, 0) is 36.6 Å². The van der Waals surface area contributed by atoms with E-state index in [2.05, 4.69) is 0 Å². The van der Waals surface area contributed by atoms with Gasteiger partial charge in [0.2, 0.25) is 5.91 Å². The molecule has 1 saturated heterocycles. The zero-order chi connectivity index (χ0) is 14.0. The molecule has 1 aliphatic heterocycles.